The zero-order valence-electron chi connectivity index (χ0n) is 10.6. The van der Waals surface area contributed by atoms with Crippen LogP contribution < -0.4 is 10.6 Å². The van der Waals surface area contributed by atoms with E-state index in [0.29, 0.717) is 13.0 Å². The fourth-order valence-electron chi connectivity index (χ4n) is 2.61. The van der Waals surface area contributed by atoms with Crippen LogP contribution in [-0.2, 0) is 14.3 Å². The minimum absolute atomic E-state index is 0.0176. The Hall–Kier alpha value is -1.10. The highest BCUT2D eigenvalue weighted by molar-refractivity contribution is 5.89. The van der Waals surface area contributed by atoms with E-state index in [1.165, 1.54) is 0 Å². The molecule has 1 heterocycles. The summed E-state index contributed by atoms with van der Waals surface area (Å²) in [7, 11) is 1.70. The molecule has 17 heavy (non-hydrogen) atoms. The SMILES string of the molecule is COC1CC(NC(=O)C2CNC(=O)C2)C1(C)C. The predicted octanol–water partition coefficient (Wildman–Crippen LogP) is 0.0522. The third-order valence-corrected chi connectivity index (χ3v) is 4.13. The van der Waals surface area contributed by atoms with Gasteiger partial charge in [0.1, 0.15) is 0 Å². The molecule has 2 aliphatic rings. The van der Waals surface area contributed by atoms with Gasteiger partial charge in [0.05, 0.1) is 12.0 Å². The van der Waals surface area contributed by atoms with Gasteiger partial charge in [-0.3, -0.25) is 9.59 Å². The summed E-state index contributed by atoms with van der Waals surface area (Å²) in [5, 5.41) is 5.70. The summed E-state index contributed by atoms with van der Waals surface area (Å²) in [6.07, 6.45) is 1.37. The van der Waals surface area contributed by atoms with Crippen LogP contribution in [0.1, 0.15) is 26.7 Å². The number of hydrogen-bond acceptors (Lipinski definition) is 3. The van der Waals surface area contributed by atoms with Crippen LogP contribution in [0.25, 0.3) is 0 Å². The Bertz CT molecular complexity index is 341. The lowest BCUT2D eigenvalue weighted by Crippen LogP contribution is -2.62. The first-order valence-corrected chi connectivity index (χ1v) is 6.05. The van der Waals surface area contributed by atoms with Crippen LogP contribution >= 0.6 is 0 Å². The van der Waals surface area contributed by atoms with Crippen LogP contribution in [0.2, 0.25) is 0 Å². The lowest BCUT2D eigenvalue weighted by molar-refractivity contribution is -0.136. The van der Waals surface area contributed by atoms with Crippen molar-refractivity contribution in [2.45, 2.75) is 38.8 Å². The van der Waals surface area contributed by atoms with E-state index in [-0.39, 0.29) is 35.3 Å². The maximum atomic E-state index is 11.9. The zero-order chi connectivity index (χ0) is 12.6. The van der Waals surface area contributed by atoms with Gasteiger partial charge in [0.25, 0.3) is 0 Å². The molecule has 0 aromatic carbocycles. The molecule has 2 fully saturated rings. The number of ether oxygens (including phenoxy) is 1. The molecule has 0 aromatic rings. The first-order valence-electron chi connectivity index (χ1n) is 6.05. The standard InChI is InChI=1S/C12H20N2O3/c1-12(2)8(5-9(12)17-3)14-11(16)7-4-10(15)13-6-7/h7-9H,4-6H2,1-3H3,(H,13,15)(H,14,16). The molecular weight excluding hydrogens is 220 g/mol. The number of hydrogen-bond donors (Lipinski definition) is 2. The van der Waals surface area contributed by atoms with Crippen molar-refractivity contribution in [2.24, 2.45) is 11.3 Å². The highest BCUT2D eigenvalue weighted by Gasteiger charge is 2.49. The van der Waals surface area contributed by atoms with E-state index in [9.17, 15) is 9.59 Å². The normalized spacial score (nSPS) is 35.0. The van der Waals surface area contributed by atoms with Crippen LogP contribution in [0, 0.1) is 11.3 Å². The van der Waals surface area contributed by atoms with Gasteiger partial charge in [-0.05, 0) is 6.42 Å². The Kier molecular flexibility index (Phi) is 3.12. The summed E-state index contributed by atoms with van der Waals surface area (Å²) in [6, 6.07) is 0.149. The summed E-state index contributed by atoms with van der Waals surface area (Å²) in [5.41, 5.74) is -0.0273. The van der Waals surface area contributed by atoms with E-state index in [0.717, 1.165) is 6.42 Å². The van der Waals surface area contributed by atoms with Gasteiger partial charge in [-0.1, -0.05) is 13.8 Å². The number of amides is 2. The fraction of sp³-hybridized carbons (Fsp3) is 0.833. The molecule has 5 nitrogen and oxygen atoms in total. The zero-order valence-corrected chi connectivity index (χ0v) is 10.6. The van der Waals surface area contributed by atoms with Crippen molar-refractivity contribution >= 4 is 11.8 Å². The Labute approximate surface area is 101 Å². The smallest absolute Gasteiger partial charge is 0.225 e. The van der Waals surface area contributed by atoms with Crippen molar-refractivity contribution in [3.63, 3.8) is 0 Å². The van der Waals surface area contributed by atoms with Gasteiger partial charge < -0.3 is 15.4 Å². The Morgan fingerprint density at radius 3 is 2.71 bits per heavy atom. The van der Waals surface area contributed by atoms with Gasteiger partial charge in [-0.25, -0.2) is 0 Å². The summed E-state index contributed by atoms with van der Waals surface area (Å²) >= 11 is 0. The first kappa shape index (κ1) is 12.4. The van der Waals surface area contributed by atoms with Crippen LogP contribution in [0.5, 0.6) is 0 Å². The number of methoxy groups -OCH3 is 1. The molecule has 0 aromatic heterocycles. The Morgan fingerprint density at radius 1 is 1.53 bits per heavy atom. The van der Waals surface area contributed by atoms with Gasteiger partial charge in [-0.15, -0.1) is 0 Å². The predicted molar refractivity (Wildman–Crippen MR) is 62.2 cm³/mol. The molecule has 3 atom stereocenters. The molecule has 1 aliphatic carbocycles. The van der Waals surface area contributed by atoms with Crippen molar-refractivity contribution in [1.82, 2.24) is 10.6 Å². The molecule has 96 valence electrons. The summed E-state index contributed by atoms with van der Waals surface area (Å²) in [5.74, 6) is -0.260. The molecule has 1 saturated heterocycles. The van der Waals surface area contributed by atoms with Crippen molar-refractivity contribution < 1.29 is 14.3 Å². The number of rotatable bonds is 3. The van der Waals surface area contributed by atoms with E-state index in [2.05, 4.69) is 24.5 Å². The van der Waals surface area contributed by atoms with Crippen molar-refractivity contribution in [3.05, 3.63) is 0 Å². The fourth-order valence-corrected chi connectivity index (χ4v) is 2.61. The second-order valence-electron chi connectivity index (χ2n) is 5.55. The number of carbonyl (C=O) groups is 2. The third kappa shape index (κ3) is 2.16. The molecule has 0 spiro atoms. The minimum atomic E-state index is -0.208. The maximum absolute atomic E-state index is 11.9. The summed E-state index contributed by atoms with van der Waals surface area (Å²) in [4.78, 5) is 23.0. The second kappa shape index (κ2) is 4.29. The molecule has 5 heteroatoms. The molecule has 2 rings (SSSR count). The quantitative estimate of drug-likeness (QED) is 0.732. The molecule has 1 saturated carbocycles. The molecule has 2 amide bonds. The number of carbonyl (C=O) groups excluding carboxylic acids is 2. The Morgan fingerprint density at radius 2 is 2.24 bits per heavy atom. The second-order valence-corrected chi connectivity index (χ2v) is 5.55. The Balaban J connectivity index is 1.86. The topological polar surface area (TPSA) is 67.4 Å². The number of nitrogens with one attached hydrogen (secondary N) is 2. The van der Waals surface area contributed by atoms with E-state index in [4.69, 9.17) is 4.74 Å². The van der Waals surface area contributed by atoms with E-state index < -0.39 is 0 Å². The van der Waals surface area contributed by atoms with E-state index >= 15 is 0 Å². The van der Waals surface area contributed by atoms with E-state index in [1.807, 2.05) is 0 Å². The molecule has 0 radical (unpaired) electrons. The third-order valence-electron chi connectivity index (χ3n) is 4.13. The maximum Gasteiger partial charge on any atom is 0.225 e. The lowest BCUT2D eigenvalue weighted by Gasteiger charge is -2.51. The summed E-state index contributed by atoms with van der Waals surface area (Å²) in [6.45, 7) is 4.65. The van der Waals surface area contributed by atoms with Gasteiger partial charge >= 0.3 is 0 Å². The van der Waals surface area contributed by atoms with Crippen molar-refractivity contribution in [1.29, 1.82) is 0 Å². The van der Waals surface area contributed by atoms with Crippen molar-refractivity contribution in [3.8, 4) is 0 Å². The first-order chi connectivity index (χ1) is 7.95. The van der Waals surface area contributed by atoms with Gasteiger partial charge in [0.2, 0.25) is 11.8 Å². The average molecular weight is 240 g/mol. The molecule has 0 bridgehead atoms. The summed E-state index contributed by atoms with van der Waals surface area (Å²) < 4.78 is 5.34. The molecule has 2 N–H and O–H groups in total. The molecule has 3 unspecified atom stereocenters. The van der Waals surface area contributed by atoms with Crippen LogP contribution in [0.3, 0.4) is 0 Å². The van der Waals surface area contributed by atoms with E-state index in [1.54, 1.807) is 7.11 Å². The lowest BCUT2D eigenvalue weighted by atomic mass is 9.64. The van der Waals surface area contributed by atoms with Crippen LogP contribution in [0.4, 0.5) is 0 Å². The van der Waals surface area contributed by atoms with Crippen molar-refractivity contribution in [2.75, 3.05) is 13.7 Å². The van der Waals surface area contributed by atoms with Gasteiger partial charge in [0, 0.05) is 31.5 Å². The highest BCUT2D eigenvalue weighted by atomic mass is 16.5. The monoisotopic (exact) mass is 240 g/mol. The van der Waals surface area contributed by atoms with Gasteiger partial charge in [0.15, 0.2) is 0 Å². The minimum Gasteiger partial charge on any atom is -0.381 e. The molecular formula is C12H20N2O3. The molecule has 1 aliphatic heterocycles. The van der Waals surface area contributed by atoms with Gasteiger partial charge in [-0.2, -0.15) is 0 Å². The highest BCUT2D eigenvalue weighted by Crippen LogP contribution is 2.42. The van der Waals surface area contributed by atoms with Crippen LogP contribution in [0.15, 0.2) is 0 Å². The van der Waals surface area contributed by atoms with Crippen LogP contribution in [-0.4, -0.2) is 37.6 Å². The largest absolute Gasteiger partial charge is 0.381 e. The average Bonchev–Trinajstić information content (AvgIpc) is 2.70.